The smallest absolute Gasteiger partial charge is 0.265 e. The van der Waals surface area contributed by atoms with Crippen molar-refractivity contribution >= 4 is 33.4 Å². The number of para-hydroxylation sites is 1. The third kappa shape index (κ3) is 4.92. The van der Waals surface area contributed by atoms with Gasteiger partial charge in [0.05, 0.1) is 7.11 Å². The summed E-state index contributed by atoms with van der Waals surface area (Å²) in [6.45, 7) is 4.03. The summed E-state index contributed by atoms with van der Waals surface area (Å²) < 4.78 is 12.6. The Hall–Kier alpha value is -3.39. The van der Waals surface area contributed by atoms with E-state index in [1.54, 1.807) is 47.6 Å². The fraction of sp³-hybridized carbons (Fsp3) is 0.269. The van der Waals surface area contributed by atoms with Gasteiger partial charge in [-0.3, -0.25) is 14.6 Å². The summed E-state index contributed by atoms with van der Waals surface area (Å²) in [5.74, 6) is 0.0727. The highest BCUT2D eigenvalue weighted by atomic mass is 79.9. The van der Waals surface area contributed by atoms with E-state index in [0.29, 0.717) is 27.2 Å². The SMILES string of the molecule is COc1cc(Br)cc2c1OC(C(C)C)C(=O)N(Cc1cccnc1)C2C(=O)Nc1ccccc1. The topological polar surface area (TPSA) is 80.8 Å². The highest BCUT2D eigenvalue weighted by Gasteiger charge is 2.43. The molecule has 34 heavy (non-hydrogen) atoms. The van der Waals surface area contributed by atoms with E-state index in [0.717, 1.165) is 5.56 Å². The van der Waals surface area contributed by atoms with Crippen molar-refractivity contribution in [3.8, 4) is 11.5 Å². The summed E-state index contributed by atoms with van der Waals surface area (Å²) in [6, 6.07) is 15.5. The van der Waals surface area contributed by atoms with Crippen molar-refractivity contribution < 1.29 is 19.1 Å². The molecule has 1 aliphatic heterocycles. The third-order valence-electron chi connectivity index (χ3n) is 5.62. The van der Waals surface area contributed by atoms with E-state index in [1.807, 2.05) is 38.1 Å². The number of hydrogen-bond donors (Lipinski definition) is 1. The molecule has 2 unspecified atom stereocenters. The maximum atomic E-state index is 13.9. The Morgan fingerprint density at radius 2 is 1.97 bits per heavy atom. The van der Waals surface area contributed by atoms with E-state index in [1.165, 1.54) is 7.11 Å². The number of pyridine rings is 1. The van der Waals surface area contributed by atoms with Crippen LogP contribution in [0.1, 0.15) is 31.0 Å². The molecule has 0 radical (unpaired) electrons. The number of anilines is 1. The second-order valence-corrected chi connectivity index (χ2v) is 9.31. The molecule has 0 fully saturated rings. The number of halogens is 1. The normalized spacial score (nSPS) is 17.6. The molecule has 8 heteroatoms. The molecule has 3 aromatic rings. The number of fused-ring (bicyclic) bond motifs is 1. The fourth-order valence-electron chi connectivity index (χ4n) is 4.00. The number of nitrogens with one attached hydrogen (secondary N) is 1. The monoisotopic (exact) mass is 523 g/mol. The van der Waals surface area contributed by atoms with Gasteiger partial charge in [-0.1, -0.05) is 54.0 Å². The first kappa shape index (κ1) is 23.8. The number of methoxy groups -OCH3 is 1. The highest BCUT2D eigenvalue weighted by molar-refractivity contribution is 9.10. The maximum Gasteiger partial charge on any atom is 0.265 e. The number of amides is 2. The second-order valence-electron chi connectivity index (χ2n) is 8.39. The van der Waals surface area contributed by atoms with Crippen molar-refractivity contribution in [2.24, 2.45) is 5.92 Å². The van der Waals surface area contributed by atoms with Gasteiger partial charge in [0.15, 0.2) is 17.6 Å². The van der Waals surface area contributed by atoms with Gasteiger partial charge in [-0.2, -0.15) is 0 Å². The minimum atomic E-state index is -0.960. The number of aromatic nitrogens is 1. The fourth-order valence-corrected chi connectivity index (χ4v) is 4.45. The molecule has 2 atom stereocenters. The molecule has 176 valence electrons. The van der Waals surface area contributed by atoms with Gasteiger partial charge in [0.1, 0.15) is 6.04 Å². The lowest BCUT2D eigenvalue weighted by atomic mass is 10.0. The predicted molar refractivity (Wildman–Crippen MR) is 133 cm³/mol. The van der Waals surface area contributed by atoms with Crippen LogP contribution in [-0.2, 0) is 16.1 Å². The Labute approximate surface area is 207 Å². The molecule has 1 aliphatic rings. The number of nitrogens with zero attached hydrogens (tertiary/aromatic N) is 2. The van der Waals surface area contributed by atoms with Crippen LogP contribution in [0.2, 0.25) is 0 Å². The molecule has 0 saturated carbocycles. The molecule has 2 aromatic carbocycles. The van der Waals surface area contributed by atoms with Gasteiger partial charge in [-0.05, 0) is 41.8 Å². The first-order valence-corrected chi connectivity index (χ1v) is 11.8. The van der Waals surface area contributed by atoms with Crippen LogP contribution in [0.25, 0.3) is 0 Å². The van der Waals surface area contributed by atoms with Crippen LogP contribution in [0.5, 0.6) is 11.5 Å². The van der Waals surface area contributed by atoms with E-state index >= 15 is 0 Å². The molecule has 1 N–H and O–H groups in total. The Bertz CT molecular complexity index is 1170. The molecule has 1 aromatic heterocycles. The number of hydrogen-bond acceptors (Lipinski definition) is 5. The Balaban J connectivity index is 1.88. The summed E-state index contributed by atoms with van der Waals surface area (Å²) in [5.41, 5.74) is 1.98. The summed E-state index contributed by atoms with van der Waals surface area (Å²) in [5, 5.41) is 2.96. The van der Waals surface area contributed by atoms with Crippen molar-refractivity contribution in [3.63, 3.8) is 0 Å². The first-order valence-electron chi connectivity index (χ1n) is 11.0. The Kier molecular flexibility index (Phi) is 7.17. The number of rotatable bonds is 6. The van der Waals surface area contributed by atoms with E-state index in [-0.39, 0.29) is 24.3 Å². The zero-order chi connectivity index (χ0) is 24.2. The van der Waals surface area contributed by atoms with Crippen LogP contribution >= 0.6 is 15.9 Å². The van der Waals surface area contributed by atoms with Crippen LogP contribution < -0.4 is 14.8 Å². The summed E-state index contributed by atoms with van der Waals surface area (Å²) in [7, 11) is 1.54. The molecule has 0 bridgehead atoms. The number of ether oxygens (including phenoxy) is 2. The molecular formula is C26H26BrN3O4. The van der Waals surface area contributed by atoms with Crippen LogP contribution in [-0.4, -0.2) is 34.9 Å². The van der Waals surface area contributed by atoms with Crippen molar-refractivity contribution in [2.45, 2.75) is 32.5 Å². The molecule has 0 saturated heterocycles. The number of benzene rings is 2. The standard InChI is InChI=1S/C26H26BrN3O4/c1-16(2)23-26(32)30(15-17-8-7-11-28-14-17)22(25(31)29-19-9-5-4-6-10-19)20-12-18(27)13-21(33-3)24(20)34-23/h4-14,16,22-23H,15H2,1-3H3,(H,29,31). The molecule has 2 heterocycles. The Morgan fingerprint density at radius 3 is 2.62 bits per heavy atom. The van der Waals surface area contributed by atoms with Gasteiger partial charge in [0.25, 0.3) is 11.8 Å². The Morgan fingerprint density at radius 1 is 1.21 bits per heavy atom. The molecule has 0 aliphatic carbocycles. The van der Waals surface area contributed by atoms with Crippen LogP contribution in [0, 0.1) is 5.92 Å². The zero-order valence-corrected chi connectivity index (χ0v) is 20.8. The van der Waals surface area contributed by atoms with Crippen LogP contribution in [0.3, 0.4) is 0 Å². The third-order valence-corrected chi connectivity index (χ3v) is 6.07. The summed E-state index contributed by atoms with van der Waals surface area (Å²) >= 11 is 3.52. The molecule has 2 amide bonds. The lowest BCUT2D eigenvalue weighted by Gasteiger charge is -2.31. The number of carbonyl (C=O) groups is 2. The average molecular weight is 524 g/mol. The van der Waals surface area contributed by atoms with Crippen LogP contribution in [0.15, 0.2) is 71.5 Å². The molecule has 4 rings (SSSR count). The molecule has 7 nitrogen and oxygen atoms in total. The van der Waals surface area contributed by atoms with Crippen molar-refractivity contribution in [1.82, 2.24) is 9.88 Å². The molecular weight excluding hydrogens is 498 g/mol. The molecule has 0 spiro atoms. The predicted octanol–water partition coefficient (Wildman–Crippen LogP) is 4.98. The van der Waals surface area contributed by atoms with E-state index in [4.69, 9.17) is 9.47 Å². The minimum Gasteiger partial charge on any atom is -0.493 e. The number of carbonyl (C=O) groups excluding carboxylic acids is 2. The van der Waals surface area contributed by atoms with Gasteiger partial charge >= 0.3 is 0 Å². The van der Waals surface area contributed by atoms with Gasteiger partial charge in [-0.15, -0.1) is 0 Å². The highest BCUT2D eigenvalue weighted by Crippen LogP contribution is 2.44. The van der Waals surface area contributed by atoms with Crippen molar-refractivity contribution in [2.75, 3.05) is 12.4 Å². The maximum absolute atomic E-state index is 13.9. The van der Waals surface area contributed by atoms with E-state index < -0.39 is 12.1 Å². The van der Waals surface area contributed by atoms with Crippen LogP contribution in [0.4, 0.5) is 5.69 Å². The summed E-state index contributed by atoms with van der Waals surface area (Å²) in [6.07, 6.45) is 2.57. The lowest BCUT2D eigenvalue weighted by molar-refractivity contribution is -0.146. The largest absolute Gasteiger partial charge is 0.493 e. The van der Waals surface area contributed by atoms with Crippen molar-refractivity contribution in [3.05, 3.63) is 82.6 Å². The van der Waals surface area contributed by atoms with Gasteiger partial charge in [-0.25, -0.2) is 0 Å². The van der Waals surface area contributed by atoms with Gasteiger partial charge < -0.3 is 19.7 Å². The summed E-state index contributed by atoms with van der Waals surface area (Å²) in [4.78, 5) is 33.4. The minimum absolute atomic E-state index is 0.138. The van der Waals surface area contributed by atoms with Crippen molar-refractivity contribution in [1.29, 1.82) is 0 Å². The lowest BCUT2D eigenvalue weighted by Crippen LogP contribution is -2.46. The van der Waals surface area contributed by atoms with E-state index in [2.05, 4.69) is 26.2 Å². The second kappa shape index (κ2) is 10.3. The average Bonchev–Trinajstić information content (AvgIpc) is 2.94. The van der Waals surface area contributed by atoms with E-state index in [9.17, 15) is 9.59 Å². The van der Waals surface area contributed by atoms with Gasteiger partial charge in [0.2, 0.25) is 0 Å². The zero-order valence-electron chi connectivity index (χ0n) is 19.2. The first-order chi connectivity index (χ1) is 16.4. The quantitative estimate of drug-likeness (QED) is 0.492. The van der Waals surface area contributed by atoms with Gasteiger partial charge in [0, 0.05) is 34.7 Å².